The SMILES string of the molecule is COC(C)C(=O)Nc1cccc(NC(=O)CCCCCCN)c1. The number of rotatable bonds is 10. The third kappa shape index (κ3) is 7.76. The van der Waals surface area contributed by atoms with Crippen LogP contribution in [0.15, 0.2) is 24.3 Å². The number of carbonyl (C=O) groups is 2. The van der Waals surface area contributed by atoms with E-state index in [2.05, 4.69) is 10.6 Å². The van der Waals surface area contributed by atoms with Crippen molar-refractivity contribution in [2.75, 3.05) is 24.3 Å². The van der Waals surface area contributed by atoms with Crippen molar-refractivity contribution in [3.63, 3.8) is 0 Å². The second-order valence-electron chi connectivity index (χ2n) is 5.45. The first-order valence-electron chi connectivity index (χ1n) is 8.00. The zero-order chi connectivity index (χ0) is 17.1. The highest BCUT2D eigenvalue weighted by Gasteiger charge is 2.11. The van der Waals surface area contributed by atoms with Gasteiger partial charge in [-0.25, -0.2) is 0 Å². The van der Waals surface area contributed by atoms with Gasteiger partial charge in [-0.3, -0.25) is 9.59 Å². The molecule has 4 N–H and O–H groups in total. The number of amides is 2. The van der Waals surface area contributed by atoms with Crippen LogP contribution in [-0.2, 0) is 14.3 Å². The van der Waals surface area contributed by atoms with E-state index in [1.54, 1.807) is 31.2 Å². The Morgan fingerprint density at radius 3 is 2.43 bits per heavy atom. The van der Waals surface area contributed by atoms with Gasteiger partial charge in [-0.2, -0.15) is 0 Å². The molecule has 1 rings (SSSR count). The molecule has 0 aromatic heterocycles. The van der Waals surface area contributed by atoms with Crippen molar-refractivity contribution in [1.29, 1.82) is 0 Å². The second kappa shape index (κ2) is 10.7. The van der Waals surface area contributed by atoms with Crippen LogP contribution in [0, 0.1) is 0 Å². The first kappa shape index (κ1) is 19.1. The van der Waals surface area contributed by atoms with Gasteiger partial charge in [0.2, 0.25) is 5.91 Å². The van der Waals surface area contributed by atoms with Crippen LogP contribution >= 0.6 is 0 Å². The van der Waals surface area contributed by atoms with Gasteiger partial charge in [0.05, 0.1) is 0 Å². The van der Waals surface area contributed by atoms with Crippen LogP contribution in [0.4, 0.5) is 11.4 Å². The maximum atomic E-state index is 11.9. The molecule has 0 aliphatic carbocycles. The number of anilines is 2. The monoisotopic (exact) mass is 321 g/mol. The van der Waals surface area contributed by atoms with Crippen molar-refractivity contribution in [3.05, 3.63) is 24.3 Å². The van der Waals surface area contributed by atoms with Crippen LogP contribution < -0.4 is 16.4 Å². The fourth-order valence-corrected chi connectivity index (χ4v) is 2.03. The molecule has 0 saturated heterocycles. The lowest BCUT2D eigenvalue weighted by atomic mass is 10.1. The average Bonchev–Trinajstić information content (AvgIpc) is 2.54. The predicted octanol–water partition coefficient (Wildman–Crippen LogP) is 2.51. The van der Waals surface area contributed by atoms with Crippen LogP contribution in [-0.4, -0.2) is 31.6 Å². The zero-order valence-corrected chi connectivity index (χ0v) is 13.9. The van der Waals surface area contributed by atoms with Crippen molar-refractivity contribution < 1.29 is 14.3 Å². The summed E-state index contributed by atoms with van der Waals surface area (Å²) >= 11 is 0. The Hall–Kier alpha value is -1.92. The van der Waals surface area contributed by atoms with Crippen LogP contribution in [0.3, 0.4) is 0 Å². The molecule has 0 heterocycles. The summed E-state index contributed by atoms with van der Waals surface area (Å²) in [5.41, 5.74) is 6.72. The number of ether oxygens (including phenoxy) is 1. The number of unbranched alkanes of at least 4 members (excludes halogenated alkanes) is 3. The highest BCUT2D eigenvalue weighted by molar-refractivity contribution is 5.95. The summed E-state index contributed by atoms with van der Waals surface area (Å²) in [6, 6.07) is 7.07. The molecule has 2 amide bonds. The molecular formula is C17H27N3O3. The summed E-state index contributed by atoms with van der Waals surface area (Å²) in [5.74, 6) is -0.248. The molecule has 1 aromatic carbocycles. The van der Waals surface area contributed by atoms with Gasteiger partial charge in [-0.05, 0) is 44.5 Å². The predicted molar refractivity (Wildman–Crippen MR) is 92.3 cm³/mol. The van der Waals surface area contributed by atoms with Gasteiger partial charge in [-0.15, -0.1) is 0 Å². The molecule has 0 radical (unpaired) electrons. The third-order valence-corrected chi connectivity index (χ3v) is 3.49. The van der Waals surface area contributed by atoms with Gasteiger partial charge in [0.1, 0.15) is 6.10 Å². The third-order valence-electron chi connectivity index (χ3n) is 3.49. The molecule has 0 spiro atoms. The first-order valence-corrected chi connectivity index (χ1v) is 8.00. The van der Waals surface area contributed by atoms with Crippen LogP contribution in [0.25, 0.3) is 0 Å². The molecule has 0 aliphatic heterocycles. The molecule has 0 saturated carbocycles. The molecule has 1 aromatic rings. The topological polar surface area (TPSA) is 93.5 Å². The van der Waals surface area contributed by atoms with Gasteiger partial charge in [0, 0.05) is 24.9 Å². The van der Waals surface area contributed by atoms with E-state index in [1.807, 2.05) is 0 Å². The number of hydrogen-bond donors (Lipinski definition) is 3. The van der Waals surface area contributed by atoms with Crippen molar-refractivity contribution in [3.8, 4) is 0 Å². The normalized spacial score (nSPS) is 11.8. The van der Waals surface area contributed by atoms with Gasteiger partial charge >= 0.3 is 0 Å². The Bertz CT molecular complexity index is 506. The largest absolute Gasteiger partial charge is 0.372 e. The van der Waals surface area contributed by atoms with Crippen molar-refractivity contribution in [2.45, 2.75) is 45.1 Å². The molecule has 6 heteroatoms. The quantitative estimate of drug-likeness (QED) is 0.577. The number of nitrogens with one attached hydrogen (secondary N) is 2. The van der Waals surface area contributed by atoms with Gasteiger partial charge in [0.25, 0.3) is 5.91 Å². The smallest absolute Gasteiger partial charge is 0.253 e. The summed E-state index contributed by atoms with van der Waals surface area (Å²) in [7, 11) is 1.48. The van der Waals surface area contributed by atoms with E-state index in [0.717, 1.165) is 25.7 Å². The lowest BCUT2D eigenvalue weighted by Gasteiger charge is -2.12. The Labute approximate surface area is 137 Å². The van der Waals surface area contributed by atoms with E-state index in [4.69, 9.17) is 10.5 Å². The second-order valence-corrected chi connectivity index (χ2v) is 5.45. The van der Waals surface area contributed by atoms with E-state index >= 15 is 0 Å². The van der Waals surface area contributed by atoms with Crippen LogP contribution in [0.1, 0.15) is 39.0 Å². The van der Waals surface area contributed by atoms with Crippen LogP contribution in [0.2, 0.25) is 0 Å². The van der Waals surface area contributed by atoms with Gasteiger partial charge < -0.3 is 21.1 Å². The molecule has 0 bridgehead atoms. The van der Waals surface area contributed by atoms with E-state index in [0.29, 0.717) is 24.3 Å². The van der Waals surface area contributed by atoms with Crippen molar-refractivity contribution >= 4 is 23.2 Å². The Kier molecular flexibility index (Phi) is 8.94. The first-order chi connectivity index (χ1) is 11.1. The lowest BCUT2D eigenvalue weighted by molar-refractivity contribution is -0.124. The van der Waals surface area contributed by atoms with Crippen molar-refractivity contribution in [2.24, 2.45) is 5.73 Å². The standard InChI is InChI=1S/C17H27N3O3/c1-13(23-2)17(22)20-15-9-7-8-14(12-15)19-16(21)10-5-3-4-6-11-18/h7-9,12-13H,3-6,10-11,18H2,1-2H3,(H,19,21)(H,20,22). The fraction of sp³-hybridized carbons (Fsp3) is 0.529. The van der Waals surface area contributed by atoms with E-state index in [1.165, 1.54) is 7.11 Å². The molecule has 6 nitrogen and oxygen atoms in total. The minimum Gasteiger partial charge on any atom is -0.372 e. The average molecular weight is 321 g/mol. The minimum atomic E-state index is -0.526. The summed E-state index contributed by atoms with van der Waals surface area (Å²) in [6.45, 7) is 2.37. The van der Waals surface area contributed by atoms with Gasteiger partial charge in [-0.1, -0.05) is 18.9 Å². The lowest BCUT2D eigenvalue weighted by Crippen LogP contribution is -2.26. The molecule has 1 atom stereocenters. The number of nitrogens with two attached hydrogens (primary N) is 1. The molecule has 0 aliphatic rings. The molecule has 23 heavy (non-hydrogen) atoms. The maximum absolute atomic E-state index is 11.9. The number of hydrogen-bond acceptors (Lipinski definition) is 4. The summed E-state index contributed by atoms with van der Waals surface area (Å²) < 4.78 is 4.96. The Morgan fingerprint density at radius 1 is 1.13 bits per heavy atom. The molecule has 1 unspecified atom stereocenters. The summed E-state index contributed by atoms with van der Waals surface area (Å²) in [4.78, 5) is 23.7. The molecular weight excluding hydrogens is 294 g/mol. The van der Waals surface area contributed by atoms with E-state index in [-0.39, 0.29) is 11.8 Å². The highest BCUT2D eigenvalue weighted by Crippen LogP contribution is 2.16. The number of carbonyl (C=O) groups excluding carboxylic acids is 2. The summed E-state index contributed by atoms with van der Waals surface area (Å²) in [6.07, 6.45) is 3.89. The minimum absolute atomic E-state index is 0.0218. The van der Waals surface area contributed by atoms with Crippen LogP contribution in [0.5, 0.6) is 0 Å². The fourth-order valence-electron chi connectivity index (χ4n) is 2.03. The molecule has 0 fully saturated rings. The number of methoxy groups -OCH3 is 1. The van der Waals surface area contributed by atoms with E-state index < -0.39 is 6.10 Å². The van der Waals surface area contributed by atoms with Gasteiger partial charge in [0.15, 0.2) is 0 Å². The highest BCUT2D eigenvalue weighted by atomic mass is 16.5. The Balaban J connectivity index is 2.44. The zero-order valence-electron chi connectivity index (χ0n) is 13.9. The van der Waals surface area contributed by atoms with Crippen molar-refractivity contribution in [1.82, 2.24) is 0 Å². The van der Waals surface area contributed by atoms with E-state index in [9.17, 15) is 9.59 Å². The number of benzene rings is 1. The maximum Gasteiger partial charge on any atom is 0.253 e. The molecule has 128 valence electrons. The summed E-state index contributed by atoms with van der Waals surface area (Å²) in [5, 5.41) is 5.59. The Morgan fingerprint density at radius 2 is 1.78 bits per heavy atom.